The lowest BCUT2D eigenvalue weighted by Gasteiger charge is -2.17. The number of nitrogens with one attached hydrogen (secondary N) is 4. The quantitative estimate of drug-likeness (QED) is 0.173. The van der Waals surface area contributed by atoms with E-state index in [9.17, 15) is 9.59 Å². The van der Waals surface area contributed by atoms with Gasteiger partial charge in [0.2, 0.25) is 0 Å². The van der Waals surface area contributed by atoms with E-state index in [1.54, 1.807) is 0 Å². The SMILES string of the molecule is CCCCCN(C)CNC(=O)Nc1ccc(Cc2ccc(NC(=O)NCN(C)CCCCC)cc2)cc1. The predicted molar refractivity (Wildman–Crippen MR) is 154 cm³/mol. The van der Waals surface area contributed by atoms with Crippen molar-refractivity contribution < 1.29 is 9.59 Å². The second-order valence-corrected chi connectivity index (χ2v) is 9.72. The molecule has 0 saturated heterocycles. The standard InChI is InChI=1S/C29H46N6O2/c1-5-7-9-19-34(3)22-30-28(36)32-26-15-11-24(12-16-26)21-25-13-17-27(18-14-25)33-29(37)31-23-35(4)20-10-8-6-2/h11-18H,5-10,19-23H2,1-4H3,(H2,30,32,36)(H2,31,33,37). The number of hydrogen-bond donors (Lipinski definition) is 4. The van der Waals surface area contributed by atoms with Gasteiger partial charge in [-0.1, -0.05) is 63.8 Å². The number of unbranched alkanes of at least 4 members (excludes halogenated alkanes) is 4. The van der Waals surface area contributed by atoms with Crippen LogP contribution in [-0.2, 0) is 6.42 Å². The van der Waals surface area contributed by atoms with Gasteiger partial charge in [0.15, 0.2) is 0 Å². The minimum Gasteiger partial charge on any atom is -0.325 e. The monoisotopic (exact) mass is 510 g/mol. The topological polar surface area (TPSA) is 88.7 Å². The summed E-state index contributed by atoms with van der Waals surface area (Å²) in [5.41, 5.74) is 3.81. The molecule has 0 bridgehead atoms. The molecular weight excluding hydrogens is 464 g/mol. The van der Waals surface area contributed by atoms with Gasteiger partial charge in [0.05, 0.1) is 13.3 Å². The van der Waals surface area contributed by atoms with Crippen molar-refractivity contribution in [1.29, 1.82) is 0 Å². The number of hydrogen-bond acceptors (Lipinski definition) is 4. The first-order valence-electron chi connectivity index (χ1n) is 13.5. The highest BCUT2D eigenvalue weighted by molar-refractivity contribution is 5.89. The summed E-state index contributed by atoms with van der Waals surface area (Å²) in [6.07, 6.45) is 7.85. The molecule has 0 heterocycles. The van der Waals surface area contributed by atoms with Gasteiger partial charge < -0.3 is 21.3 Å². The molecule has 37 heavy (non-hydrogen) atoms. The normalized spacial score (nSPS) is 11.0. The first-order chi connectivity index (χ1) is 17.9. The highest BCUT2D eigenvalue weighted by Gasteiger charge is 2.06. The van der Waals surface area contributed by atoms with E-state index >= 15 is 0 Å². The molecule has 2 rings (SSSR count). The Kier molecular flexibility index (Phi) is 14.1. The Morgan fingerprint density at radius 3 is 1.35 bits per heavy atom. The molecule has 4 amide bonds. The predicted octanol–water partition coefficient (Wildman–Crippen LogP) is 5.68. The van der Waals surface area contributed by atoms with E-state index in [4.69, 9.17) is 0 Å². The molecule has 0 fully saturated rings. The lowest BCUT2D eigenvalue weighted by Crippen LogP contribution is -2.38. The Hall–Kier alpha value is -3.10. The number of carbonyl (C=O) groups is 2. The van der Waals surface area contributed by atoms with E-state index in [1.165, 1.54) is 25.7 Å². The fourth-order valence-corrected chi connectivity index (χ4v) is 3.83. The molecule has 0 aliphatic heterocycles. The van der Waals surface area contributed by atoms with Crippen molar-refractivity contribution in [2.75, 3.05) is 51.2 Å². The third-order valence-electron chi connectivity index (χ3n) is 6.14. The van der Waals surface area contributed by atoms with Crippen LogP contribution < -0.4 is 21.3 Å². The van der Waals surface area contributed by atoms with Gasteiger partial charge in [-0.25, -0.2) is 9.59 Å². The maximum atomic E-state index is 12.2. The van der Waals surface area contributed by atoms with Gasteiger partial charge in [-0.05, 0) is 81.8 Å². The summed E-state index contributed by atoms with van der Waals surface area (Å²) in [7, 11) is 4.02. The zero-order valence-corrected chi connectivity index (χ0v) is 23.1. The van der Waals surface area contributed by atoms with Gasteiger partial charge in [-0.2, -0.15) is 0 Å². The first kappa shape index (κ1) is 30.1. The van der Waals surface area contributed by atoms with Gasteiger partial charge in [-0.15, -0.1) is 0 Å². The van der Waals surface area contributed by atoms with Crippen LogP contribution in [0.5, 0.6) is 0 Å². The van der Waals surface area contributed by atoms with Crippen LogP contribution in [0.2, 0.25) is 0 Å². The molecule has 2 aromatic rings. The highest BCUT2D eigenvalue weighted by atomic mass is 16.2. The Bertz CT molecular complexity index is 841. The van der Waals surface area contributed by atoms with Crippen molar-refractivity contribution >= 4 is 23.4 Å². The van der Waals surface area contributed by atoms with Crippen molar-refractivity contribution in [3.63, 3.8) is 0 Å². The molecule has 0 radical (unpaired) electrons. The lowest BCUT2D eigenvalue weighted by atomic mass is 10.0. The molecule has 0 aromatic heterocycles. The average Bonchev–Trinajstić information content (AvgIpc) is 2.89. The summed E-state index contributed by atoms with van der Waals surface area (Å²) in [6, 6.07) is 15.3. The molecule has 0 aliphatic rings. The Morgan fingerprint density at radius 2 is 1.00 bits per heavy atom. The minimum absolute atomic E-state index is 0.203. The van der Waals surface area contributed by atoms with Gasteiger partial charge in [0, 0.05) is 11.4 Å². The second kappa shape index (κ2) is 17.4. The van der Waals surface area contributed by atoms with Crippen LogP contribution in [-0.4, -0.2) is 62.4 Å². The van der Waals surface area contributed by atoms with E-state index in [0.29, 0.717) is 13.3 Å². The minimum atomic E-state index is -0.203. The van der Waals surface area contributed by atoms with Crippen LogP contribution in [0.1, 0.15) is 63.5 Å². The Labute approximate surface area is 223 Å². The van der Waals surface area contributed by atoms with E-state index in [-0.39, 0.29) is 12.1 Å². The maximum absolute atomic E-state index is 12.2. The third-order valence-corrected chi connectivity index (χ3v) is 6.14. The fourth-order valence-electron chi connectivity index (χ4n) is 3.83. The average molecular weight is 511 g/mol. The van der Waals surface area contributed by atoms with Gasteiger partial charge in [0.25, 0.3) is 0 Å². The smallest absolute Gasteiger partial charge is 0.320 e. The van der Waals surface area contributed by atoms with Crippen LogP contribution >= 0.6 is 0 Å². The molecule has 2 aromatic carbocycles. The van der Waals surface area contributed by atoms with Crippen molar-refractivity contribution in [3.8, 4) is 0 Å². The second-order valence-electron chi connectivity index (χ2n) is 9.72. The molecule has 0 spiro atoms. The Balaban J connectivity index is 1.72. The van der Waals surface area contributed by atoms with Crippen LogP contribution in [0, 0.1) is 0 Å². The van der Waals surface area contributed by atoms with Crippen LogP contribution in [0.4, 0.5) is 21.0 Å². The molecular formula is C29H46N6O2. The fraction of sp³-hybridized carbons (Fsp3) is 0.517. The summed E-state index contributed by atoms with van der Waals surface area (Å²) in [5.74, 6) is 0. The summed E-state index contributed by atoms with van der Waals surface area (Å²) < 4.78 is 0. The van der Waals surface area contributed by atoms with Gasteiger partial charge >= 0.3 is 12.1 Å². The van der Waals surface area contributed by atoms with Crippen LogP contribution in [0.3, 0.4) is 0 Å². The number of rotatable bonds is 16. The van der Waals surface area contributed by atoms with Gasteiger partial charge in [0.1, 0.15) is 0 Å². The Morgan fingerprint density at radius 1 is 0.622 bits per heavy atom. The number of nitrogens with zero attached hydrogens (tertiary/aromatic N) is 2. The molecule has 4 N–H and O–H groups in total. The molecule has 0 aliphatic carbocycles. The third kappa shape index (κ3) is 13.1. The van der Waals surface area contributed by atoms with E-state index < -0.39 is 0 Å². The number of urea groups is 2. The van der Waals surface area contributed by atoms with Crippen LogP contribution in [0.25, 0.3) is 0 Å². The zero-order valence-electron chi connectivity index (χ0n) is 23.1. The van der Waals surface area contributed by atoms with Crippen molar-refractivity contribution in [3.05, 3.63) is 59.7 Å². The van der Waals surface area contributed by atoms with E-state index in [2.05, 4.69) is 44.9 Å². The molecule has 0 atom stereocenters. The van der Waals surface area contributed by atoms with Crippen molar-refractivity contribution in [2.45, 2.75) is 58.8 Å². The first-order valence-corrected chi connectivity index (χ1v) is 13.5. The summed E-state index contributed by atoms with van der Waals surface area (Å²) in [4.78, 5) is 28.6. The molecule has 8 nitrogen and oxygen atoms in total. The van der Waals surface area contributed by atoms with E-state index in [0.717, 1.165) is 54.9 Å². The highest BCUT2D eigenvalue weighted by Crippen LogP contribution is 2.16. The zero-order chi connectivity index (χ0) is 26.9. The number of amides is 4. The summed E-state index contributed by atoms with van der Waals surface area (Å²) in [5, 5.41) is 11.6. The molecule has 0 unspecified atom stereocenters. The summed E-state index contributed by atoms with van der Waals surface area (Å²) >= 11 is 0. The number of carbonyl (C=O) groups excluding carboxylic acids is 2. The van der Waals surface area contributed by atoms with Gasteiger partial charge in [-0.3, -0.25) is 9.80 Å². The lowest BCUT2D eigenvalue weighted by molar-refractivity contribution is 0.239. The number of anilines is 2. The van der Waals surface area contributed by atoms with Crippen molar-refractivity contribution in [2.24, 2.45) is 0 Å². The largest absolute Gasteiger partial charge is 0.325 e. The summed E-state index contributed by atoms with van der Waals surface area (Å²) in [6.45, 7) is 7.37. The molecule has 0 saturated carbocycles. The maximum Gasteiger partial charge on any atom is 0.320 e. The van der Waals surface area contributed by atoms with E-state index in [1.807, 2.05) is 62.6 Å². The van der Waals surface area contributed by atoms with Crippen molar-refractivity contribution in [1.82, 2.24) is 20.4 Å². The van der Waals surface area contributed by atoms with Crippen LogP contribution in [0.15, 0.2) is 48.5 Å². The number of benzene rings is 2. The molecule has 8 heteroatoms. The molecule has 204 valence electrons.